The van der Waals surface area contributed by atoms with E-state index in [0.29, 0.717) is 22.6 Å². The molecule has 0 amide bonds. The fraction of sp³-hybridized carbons (Fsp3) is 0.417. The van der Waals surface area contributed by atoms with E-state index < -0.39 is 34.6 Å². The zero-order valence-electron chi connectivity index (χ0n) is 18.8. The molecule has 0 heterocycles. The van der Waals surface area contributed by atoms with Crippen LogP contribution in [0.1, 0.15) is 63.8 Å². The number of nitrogens with zero attached hydrogens (tertiary/aromatic N) is 2. The predicted molar refractivity (Wildman–Crippen MR) is 115 cm³/mol. The number of hydrogen-bond acceptors (Lipinski definition) is 2. The number of rotatable bonds is 3. The fourth-order valence-electron chi connectivity index (χ4n) is 2.81. The van der Waals surface area contributed by atoms with Crippen LogP contribution in [0.2, 0.25) is 0 Å². The topological polar surface area (TPSA) is 24.7 Å². The minimum atomic E-state index is -4.49. The molecule has 0 spiro atoms. The Morgan fingerprint density at radius 3 is 0.938 bits per heavy atom. The summed E-state index contributed by atoms with van der Waals surface area (Å²) >= 11 is 0. The molecule has 0 N–H and O–H groups in total. The van der Waals surface area contributed by atoms with Crippen LogP contribution in [0.4, 0.5) is 26.3 Å². The number of halogens is 6. The van der Waals surface area contributed by atoms with Crippen LogP contribution in [0.3, 0.4) is 0 Å². The lowest BCUT2D eigenvalue weighted by molar-refractivity contribution is -0.138. The summed E-state index contributed by atoms with van der Waals surface area (Å²) in [5.41, 5.74) is -1.47. The van der Waals surface area contributed by atoms with Crippen LogP contribution in [0.5, 0.6) is 0 Å². The molecule has 0 aliphatic carbocycles. The van der Waals surface area contributed by atoms with Crippen LogP contribution >= 0.6 is 0 Å². The van der Waals surface area contributed by atoms with Gasteiger partial charge in [-0.3, -0.25) is 9.98 Å². The summed E-state index contributed by atoms with van der Waals surface area (Å²) < 4.78 is 78.2. The monoisotopic (exact) mass is 456 g/mol. The van der Waals surface area contributed by atoms with E-state index in [1.807, 2.05) is 41.5 Å². The molecule has 0 aromatic heterocycles. The van der Waals surface area contributed by atoms with Crippen molar-refractivity contribution >= 4 is 11.4 Å². The lowest BCUT2D eigenvalue weighted by Crippen LogP contribution is -2.26. The third kappa shape index (κ3) is 7.21. The van der Waals surface area contributed by atoms with Gasteiger partial charge in [0.15, 0.2) is 0 Å². The summed E-state index contributed by atoms with van der Waals surface area (Å²) in [4.78, 5) is 9.37. The van der Waals surface area contributed by atoms with Crippen LogP contribution in [-0.2, 0) is 12.4 Å². The maximum absolute atomic E-state index is 13.0. The Balaban J connectivity index is 2.73. The maximum Gasteiger partial charge on any atom is 0.416 e. The second-order valence-electron chi connectivity index (χ2n) is 9.41. The molecule has 0 saturated heterocycles. The highest BCUT2D eigenvalue weighted by Gasteiger charge is 2.32. The van der Waals surface area contributed by atoms with Gasteiger partial charge in [-0.15, -0.1) is 0 Å². The van der Waals surface area contributed by atoms with Crippen molar-refractivity contribution in [2.45, 2.75) is 65.0 Å². The summed E-state index contributed by atoms with van der Waals surface area (Å²) in [5, 5.41) is 0. The Labute approximate surface area is 184 Å². The molecule has 0 aliphatic rings. The lowest BCUT2D eigenvalue weighted by Gasteiger charge is -2.22. The first-order valence-corrected chi connectivity index (χ1v) is 9.92. The molecule has 0 unspecified atom stereocenters. The van der Waals surface area contributed by atoms with E-state index in [2.05, 4.69) is 9.98 Å². The van der Waals surface area contributed by atoms with Crippen molar-refractivity contribution in [3.63, 3.8) is 0 Å². The Bertz CT molecular complexity index is 898. The van der Waals surface area contributed by atoms with Gasteiger partial charge < -0.3 is 0 Å². The fourth-order valence-corrected chi connectivity index (χ4v) is 2.81. The summed E-state index contributed by atoms with van der Waals surface area (Å²) in [6.07, 6.45) is -8.98. The molecule has 174 valence electrons. The molecule has 2 nitrogen and oxygen atoms in total. The molecule has 0 bridgehead atoms. The Morgan fingerprint density at radius 1 is 0.500 bits per heavy atom. The van der Waals surface area contributed by atoms with Crippen molar-refractivity contribution in [3.8, 4) is 0 Å². The van der Waals surface area contributed by atoms with Gasteiger partial charge in [0.1, 0.15) is 0 Å². The molecule has 2 rings (SSSR count). The average molecular weight is 456 g/mol. The van der Waals surface area contributed by atoms with Crippen LogP contribution in [0.15, 0.2) is 58.5 Å². The molecule has 0 radical (unpaired) electrons. The van der Waals surface area contributed by atoms with E-state index in [-0.39, 0.29) is 0 Å². The van der Waals surface area contributed by atoms with Gasteiger partial charge in [-0.2, -0.15) is 26.3 Å². The minimum absolute atomic E-state index is 0.306. The Hall–Kier alpha value is -2.64. The van der Waals surface area contributed by atoms with Gasteiger partial charge in [0.05, 0.1) is 33.6 Å². The second kappa shape index (κ2) is 8.71. The highest BCUT2D eigenvalue weighted by molar-refractivity contribution is 6.53. The van der Waals surface area contributed by atoms with Crippen LogP contribution in [-0.4, -0.2) is 22.5 Å². The highest BCUT2D eigenvalue weighted by Crippen LogP contribution is 2.31. The van der Waals surface area contributed by atoms with E-state index in [4.69, 9.17) is 0 Å². The molecule has 32 heavy (non-hydrogen) atoms. The number of hydrogen-bond donors (Lipinski definition) is 0. The second-order valence-corrected chi connectivity index (χ2v) is 9.41. The molecule has 2 aromatic rings. The number of benzene rings is 2. The van der Waals surface area contributed by atoms with E-state index in [1.165, 1.54) is 24.3 Å². The molecular weight excluding hydrogens is 430 g/mol. The van der Waals surface area contributed by atoms with Crippen LogP contribution < -0.4 is 0 Å². The molecule has 0 atom stereocenters. The van der Waals surface area contributed by atoms with Gasteiger partial charge in [0.25, 0.3) is 0 Å². The van der Waals surface area contributed by atoms with E-state index >= 15 is 0 Å². The average Bonchev–Trinajstić information content (AvgIpc) is 2.62. The molecular formula is C24H26F6N2. The Kier molecular flexibility index (Phi) is 6.98. The van der Waals surface area contributed by atoms with Gasteiger partial charge in [-0.25, -0.2) is 0 Å². The normalized spacial score (nSPS) is 14.6. The molecule has 0 saturated carbocycles. The lowest BCUT2D eigenvalue weighted by atomic mass is 9.95. The molecule has 0 fully saturated rings. The maximum atomic E-state index is 13.0. The standard InChI is InChI=1S/C24H26F6N2/c1-21(2,3)31-19(15-7-11-17(12-8-15)23(25,26)27)20(32-22(4,5)6)16-9-13-18(14-10-16)24(28,29)30/h7-14H,1-6H3. The highest BCUT2D eigenvalue weighted by atomic mass is 19.4. The van der Waals surface area contributed by atoms with Crippen molar-refractivity contribution in [3.05, 3.63) is 70.8 Å². The first kappa shape index (κ1) is 25.6. The van der Waals surface area contributed by atoms with E-state index in [1.54, 1.807) is 0 Å². The van der Waals surface area contributed by atoms with Crippen molar-refractivity contribution < 1.29 is 26.3 Å². The summed E-state index contributed by atoms with van der Waals surface area (Å²) in [6, 6.07) is 9.02. The largest absolute Gasteiger partial charge is 0.416 e. The zero-order chi connectivity index (χ0) is 24.5. The summed E-state index contributed by atoms with van der Waals surface area (Å²) in [7, 11) is 0. The van der Waals surface area contributed by atoms with E-state index in [9.17, 15) is 26.3 Å². The summed E-state index contributed by atoms with van der Waals surface area (Å²) in [6.45, 7) is 10.9. The van der Waals surface area contributed by atoms with Gasteiger partial charge in [-0.1, -0.05) is 24.3 Å². The van der Waals surface area contributed by atoms with Crippen molar-refractivity contribution in [2.75, 3.05) is 0 Å². The van der Waals surface area contributed by atoms with Crippen molar-refractivity contribution in [1.82, 2.24) is 0 Å². The van der Waals surface area contributed by atoms with Gasteiger partial charge in [-0.05, 0) is 65.8 Å². The van der Waals surface area contributed by atoms with Crippen molar-refractivity contribution in [2.24, 2.45) is 9.98 Å². The van der Waals surface area contributed by atoms with Gasteiger partial charge in [0, 0.05) is 11.1 Å². The molecule has 8 heteroatoms. The smallest absolute Gasteiger partial charge is 0.277 e. The third-order valence-corrected chi connectivity index (χ3v) is 4.09. The van der Waals surface area contributed by atoms with Gasteiger partial charge >= 0.3 is 12.4 Å². The van der Waals surface area contributed by atoms with E-state index in [0.717, 1.165) is 24.3 Å². The first-order chi connectivity index (χ1) is 14.4. The minimum Gasteiger partial charge on any atom is -0.277 e. The van der Waals surface area contributed by atoms with Crippen molar-refractivity contribution in [1.29, 1.82) is 0 Å². The number of alkyl halides is 6. The molecule has 0 aliphatic heterocycles. The van der Waals surface area contributed by atoms with Crippen LogP contribution in [0, 0.1) is 0 Å². The quantitative estimate of drug-likeness (QED) is 0.336. The predicted octanol–water partition coefficient (Wildman–Crippen LogP) is 7.60. The molecule has 2 aromatic carbocycles. The first-order valence-electron chi connectivity index (χ1n) is 9.92. The van der Waals surface area contributed by atoms with Gasteiger partial charge in [0.2, 0.25) is 0 Å². The summed E-state index contributed by atoms with van der Waals surface area (Å²) in [5.74, 6) is 0. The van der Waals surface area contributed by atoms with Crippen LogP contribution in [0.25, 0.3) is 0 Å². The third-order valence-electron chi connectivity index (χ3n) is 4.09. The Morgan fingerprint density at radius 2 is 0.750 bits per heavy atom. The SMILES string of the molecule is CC(C)(C)N=C(C(=NC(C)(C)C)c1ccc(C(F)(F)F)cc1)c1ccc(C(F)(F)F)cc1. The zero-order valence-corrected chi connectivity index (χ0v) is 18.8. The number of aliphatic imine (C=N–C) groups is 2.